The maximum absolute atomic E-state index is 12.9. The van der Waals surface area contributed by atoms with E-state index in [0.717, 1.165) is 5.56 Å². The quantitative estimate of drug-likeness (QED) is 0.456. The molecule has 3 rings (SSSR count). The number of aromatic nitrogens is 2. The highest BCUT2D eigenvalue weighted by Gasteiger charge is 2.10. The Kier molecular flexibility index (Phi) is 6.01. The van der Waals surface area contributed by atoms with Crippen molar-refractivity contribution in [3.8, 4) is 0 Å². The Balaban J connectivity index is 1.50. The molecule has 0 atom stereocenters. The highest BCUT2D eigenvalue weighted by atomic mass is 35.5. The van der Waals surface area contributed by atoms with Crippen LogP contribution in [0.2, 0.25) is 5.02 Å². The first-order valence-corrected chi connectivity index (χ1v) is 9.51. The number of carbonyl (C=O) groups excluding carboxylic acids is 1. The van der Waals surface area contributed by atoms with Gasteiger partial charge in [-0.1, -0.05) is 46.8 Å². The molecule has 0 bridgehead atoms. The second-order valence-electron chi connectivity index (χ2n) is 5.07. The van der Waals surface area contributed by atoms with E-state index < -0.39 is 0 Å². The number of hydrogen-bond acceptors (Lipinski definition) is 6. The summed E-state index contributed by atoms with van der Waals surface area (Å²) < 4.78 is 13.6. The van der Waals surface area contributed by atoms with Crippen LogP contribution in [0.4, 0.5) is 9.52 Å². The fraction of sp³-hybridized carbons (Fsp3) is 0.118. The van der Waals surface area contributed by atoms with Gasteiger partial charge < -0.3 is 5.32 Å². The molecule has 0 amide bonds. The number of thioether (sulfide) groups is 1. The number of halogens is 2. The van der Waals surface area contributed by atoms with Crippen LogP contribution in [-0.2, 0) is 6.54 Å². The van der Waals surface area contributed by atoms with Gasteiger partial charge in [0.25, 0.3) is 0 Å². The van der Waals surface area contributed by atoms with Crippen LogP contribution in [0.25, 0.3) is 0 Å². The Hall–Kier alpha value is -1.96. The number of rotatable bonds is 7. The summed E-state index contributed by atoms with van der Waals surface area (Å²) in [5, 5.41) is 12.5. The number of benzene rings is 2. The lowest BCUT2D eigenvalue weighted by atomic mass is 10.1. The summed E-state index contributed by atoms with van der Waals surface area (Å²) in [4.78, 5) is 12.1. The van der Waals surface area contributed by atoms with E-state index in [1.54, 1.807) is 36.4 Å². The number of nitrogens with zero attached hydrogens (tertiary/aromatic N) is 2. The van der Waals surface area contributed by atoms with Crippen molar-refractivity contribution in [2.45, 2.75) is 10.9 Å². The van der Waals surface area contributed by atoms with Crippen molar-refractivity contribution in [3.05, 3.63) is 70.5 Å². The minimum Gasteiger partial charge on any atom is -0.356 e. The summed E-state index contributed by atoms with van der Waals surface area (Å²) >= 11 is 8.54. The van der Waals surface area contributed by atoms with Crippen molar-refractivity contribution in [2.24, 2.45) is 0 Å². The zero-order valence-corrected chi connectivity index (χ0v) is 15.3. The van der Waals surface area contributed by atoms with Gasteiger partial charge in [0.05, 0.1) is 5.75 Å². The van der Waals surface area contributed by atoms with E-state index in [-0.39, 0.29) is 17.4 Å². The smallest absolute Gasteiger partial charge is 0.206 e. The van der Waals surface area contributed by atoms with Crippen LogP contribution in [-0.4, -0.2) is 21.7 Å². The number of Topliss-reactive ketones (excluding diaryl/α,β-unsaturated/α-hetero) is 1. The Morgan fingerprint density at radius 1 is 1.12 bits per heavy atom. The van der Waals surface area contributed by atoms with Crippen LogP contribution in [0.15, 0.2) is 52.9 Å². The zero-order valence-electron chi connectivity index (χ0n) is 12.9. The standard InChI is InChI=1S/C17H13ClFN3OS2/c18-13-5-3-12(4-6-13)15(23)10-24-17-22-21-16(25-17)20-9-11-1-7-14(19)8-2-11/h1-8H,9-10H2,(H,20,21). The lowest BCUT2D eigenvalue weighted by Gasteiger charge is -2.01. The zero-order chi connectivity index (χ0) is 17.6. The van der Waals surface area contributed by atoms with Gasteiger partial charge in [-0.3, -0.25) is 4.79 Å². The van der Waals surface area contributed by atoms with Crippen molar-refractivity contribution in [3.63, 3.8) is 0 Å². The maximum atomic E-state index is 12.9. The third kappa shape index (κ3) is 5.26. The van der Waals surface area contributed by atoms with Crippen LogP contribution in [0.3, 0.4) is 0 Å². The number of hydrogen-bond donors (Lipinski definition) is 1. The van der Waals surface area contributed by atoms with Gasteiger partial charge in [-0.15, -0.1) is 10.2 Å². The van der Waals surface area contributed by atoms with Gasteiger partial charge in [0.1, 0.15) is 5.82 Å². The number of carbonyl (C=O) groups is 1. The predicted molar refractivity (Wildman–Crippen MR) is 100 cm³/mol. The molecule has 0 aliphatic rings. The minimum atomic E-state index is -0.260. The predicted octanol–water partition coefficient (Wildman–Crippen LogP) is 4.92. The van der Waals surface area contributed by atoms with Gasteiger partial charge in [-0.2, -0.15) is 0 Å². The lowest BCUT2D eigenvalue weighted by molar-refractivity contribution is 0.102. The molecule has 1 aromatic heterocycles. The average Bonchev–Trinajstić information content (AvgIpc) is 3.08. The van der Waals surface area contributed by atoms with E-state index in [1.807, 2.05) is 0 Å². The van der Waals surface area contributed by atoms with Gasteiger partial charge in [-0.05, 0) is 42.0 Å². The molecule has 0 fully saturated rings. The molecule has 4 nitrogen and oxygen atoms in total. The van der Waals surface area contributed by atoms with Crippen molar-refractivity contribution in [1.82, 2.24) is 10.2 Å². The van der Waals surface area contributed by atoms with Crippen molar-refractivity contribution >= 4 is 45.6 Å². The molecule has 0 saturated carbocycles. The van der Waals surface area contributed by atoms with Crippen LogP contribution in [0.1, 0.15) is 15.9 Å². The van der Waals surface area contributed by atoms with Gasteiger partial charge in [0.2, 0.25) is 5.13 Å². The summed E-state index contributed by atoms with van der Waals surface area (Å²) in [5.74, 6) is 0.0372. The van der Waals surface area contributed by atoms with Gasteiger partial charge in [0.15, 0.2) is 10.1 Å². The van der Waals surface area contributed by atoms with Crippen molar-refractivity contribution in [1.29, 1.82) is 0 Å². The topological polar surface area (TPSA) is 54.9 Å². The van der Waals surface area contributed by atoms with Crippen molar-refractivity contribution < 1.29 is 9.18 Å². The van der Waals surface area contributed by atoms with E-state index in [9.17, 15) is 9.18 Å². The first kappa shape index (κ1) is 17.8. The van der Waals surface area contributed by atoms with Gasteiger partial charge >= 0.3 is 0 Å². The summed E-state index contributed by atoms with van der Waals surface area (Å²) in [5.41, 5.74) is 1.57. The fourth-order valence-corrected chi connectivity index (χ4v) is 3.73. The number of nitrogens with one attached hydrogen (secondary N) is 1. The highest BCUT2D eigenvalue weighted by molar-refractivity contribution is 8.01. The third-order valence-corrected chi connectivity index (χ3v) is 5.52. The molecule has 1 N–H and O–H groups in total. The first-order valence-electron chi connectivity index (χ1n) is 7.33. The van der Waals surface area contributed by atoms with E-state index in [0.29, 0.717) is 26.6 Å². The normalized spacial score (nSPS) is 10.6. The van der Waals surface area contributed by atoms with E-state index in [2.05, 4.69) is 15.5 Å². The lowest BCUT2D eigenvalue weighted by Crippen LogP contribution is -2.01. The molecular weight excluding hydrogens is 381 g/mol. The molecule has 1 heterocycles. The SMILES string of the molecule is O=C(CSc1nnc(NCc2ccc(F)cc2)s1)c1ccc(Cl)cc1. The minimum absolute atomic E-state index is 0.0117. The molecule has 2 aromatic carbocycles. The molecule has 25 heavy (non-hydrogen) atoms. The second kappa shape index (κ2) is 8.42. The van der Waals surface area contributed by atoms with Crippen LogP contribution in [0, 0.1) is 5.82 Å². The largest absolute Gasteiger partial charge is 0.356 e. The maximum Gasteiger partial charge on any atom is 0.206 e. The van der Waals surface area contributed by atoms with Gasteiger partial charge in [0, 0.05) is 17.1 Å². The molecule has 0 saturated heterocycles. The summed E-state index contributed by atoms with van der Waals surface area (Å²) in [7, 11) is 0. The molecule has 0 spiro atoms. The molecule has 8 heteroatoms. The molecule has 0 radical (unpaired) electrons. The average molecular weight is 394 g/mol. The van der Waals surface area contributed by atoms with E-state index in [4.69, 9.17) is 11.6 Å². The molecule has 3 aromatic rings. The summed E-state index contributed by atoms with van der Waals surface area (Å²) in [6.07, 6.45) is 0. The monoisotopic (exact) mass is 393 g/mol. The van der Waals surface area contributed by atoms with E-state index >= 15 is 0 Å². The molecule has 128 valence electrons. The number of anilines is 1. The molecule has 0 unspecified atom stereocenters. The Labute approximate surface area is 157 Å². The Morgan fingerprint density at radius 3 is 2.56 bits per heavy atom. The Morgan fingerprint density at radius 2 is 1.84 bits per heavy atom. The van der Waals surface area contributed by atoms with Crippen molar-refractivity contribution in [2.75, 3.05) is 11.1 Å². The van der Waals surface area contributed by atoms with E-state index in [1.165, 1.54) is 35.2 Å². The molecular formula is C17H13ClFN3OS2. The summed E-state index contributed by atoms with van der Waals surface area (Å²) in [6.45, 7) is 0.531. The van der Waals surface area contributed by atoms with Crippen LogP contribution in [0.5, 0.6) is 0 Å². The van der Waals surface area contributed by atoms with Crippen LogP contribution >= 0.6 is 34.7 Å². The molecule has 0 aliphatic heterocycles. The summed E-state index contributed by atoms with van der Waals surface area (Å²) in [6, 6.07) is 13.1. The fourth-order valence-electron chi connectivity index (χ4n) is 1.97. The number of ketones is 1. The Bertz CT molecular complexity index is 853. The second-order valence-corrected chi connectivity index (χ2v) is 7.71. The highest BCUT2D eigenvalue weighted by Crippen LogP contribution is 2.26. The first-order chi connectivity index (χ1) is 12.1. The van der Waals surface area contributed by atoms with Gasteiger partial charge in [-0.25, -0.2) is 4.39 Å². The third-order valence-electron chi connectivity index (χ3n) is 3.26. The van der Waals surface area contributed by atoms with Crippen LogP contribution < -0.4 is 5.32 Å². The molecule has 0 aliphatic carbocycles.